The van der Waals surface area contributed by atoms with Crippen LogP contribution in [0.2, 0.25) is 10.0 Å². The van der Waals surface area contributed by atoms with Crippen molar-refractivity contribution in [3.63, 3.8) is 0 Å². The molecule has 6 heteroatoms. The molecule has 0 aliphatic heterocycles. The second kappa shape index (κ2) is 9.54. The molecule has 2 rings (SSSR count). The number of rotatable bonds is 8. The van der Waals surface area contributed by atoms with E-state index in [2.05, 4.69) is 12.2 Å². The SMILES string of the molecule is CCCCOc1ccc(CNC(=O)c2ccc(Cl)cc2Cl)cc1OC. The molecule has 134 valence electrons. The maximum Gasteiger partial charge on any atom is 0.253 e. The third-order valence-electron chi connectivity index (χ3n) is 3.61. The lowest BCUT2D eigenvalue weighted by atomic mass is 10.1. The maximum atomic E-state index is 12.3. The zero-order chi connectivity index (χ0) is 18.2. The van der Waals surface area contributed by atoms with Gasteiger partial charge >= 0.3 is 0 Å². The van der Waals surface area contributed by atoms with E-state index in [9.17, 15) is 4.79 Å². The third kappa shape index (κ3) is 5.55. The number of amides is 1. The quantitative estimate of drug-likeness (QED) is 0.646. The standard InChI is InChI=1S/C19H21Cl2NO3/c1-3-4-9-25-17-8-5-13(10-18(17)24-2)12-22-19(23)15-7-6-14(20)11-16(15)21/h5-8,10-11H,3-4,9,12H2,1-2H3,(H,22,23). The lowest BCUT2D eigenvalue weighted by Gasteiger charge is -2.13. The molecule has 0 unspecified atom stereocenters. The Balaban J connectivity index is 2.01. The molecular formula is C19H21Cl2NO3. The van der Waals surface area contributed by atoms with E-state index in [0.29, 0.717) is 40.3 Å². The molecular weight excluding hydrogens is 361 g/mol. The Morgan fingerprint density at radius 3 is 2.60 bits per heavy atom. The summed E-state index contributed by atoms with van der Waals surface area (Å²) in [5.41, 5.74) is 1.29. The Kier molecular flexibility index (Phi) is 7.41. The molecule has 0 aliphatic rings. The van der Waals surface area contributed by atoms with Gasteiger partial charge in [-0.1, -0.05) is 42.6 Å². The average Bonchev–Trinajstić information content (AvgIpc) is 2.60. The molecule has 0 heterocycles. The van der Waals surface area contributed by atoms with Crippen molar-refractivity contribution in [3.8, 4) is 11.5 Å². The fraction of sp³-hybridized carbons (Fsp3) is 0.316. The number of unbranched alkanes of at least 4 members (excludes halogenated alkanes) is 1. The van der Waals surface area contributed by atoms with Crippen LogP contribution < -0.4 is 14.8 Å². The van der Waals surface area contributed by atoms with Crippen LogP contribution in [0.3, 0.4) is 0 Å². The number of hydrogen-bond acceptors (Lipinski definition) is 3. The highest BCUT2D eigenvalue weighted by Crippen LogP contribution is 2.28. The molecule has 0 fully saturated rings. The second-order valence-electron chi connectivity index (χ2n) is 5.49. The van der Waals surface area contributed by atoms with Crippen molar-refractivity contribution >= 4 is 29.1 Å². The predicted octanol–water partition coefficient (Wildman–Crippen LogP) is 5.11. The first-order valence-corrected chi connectivity index (χ1v) is 8.83. The van der Waals surface area contributed by atoms with Crippen LogP contribution in [0.5, 0.6) is 11.5 Å². The van der Waals surface area contributed by atoms with Gasteiger partial charge in [-0.15, -0.1) is 0 Å². The maximum absolute atomic E-state index is 12.3. The van der Waals surface area contributed by atoms with Crippen molar-refractivity contribution in [1.82, 2.24) is 5.32 Å². The van der Waals surface area contributed by atoms with Crippen LogP contribution in [0.1, 0.15) is 35.7 Å². The third-order valence-corrected chi connectivity index (χ3v) is 4.16. The summed E-state index contributed by atoms with van der Waals surface area (Å²) in [4.78, 5) is 12.3. The van der Waals surface area contributed by atoms with Gasteiger partial charge in [-0.25, -0.2) is 0 Å². The van der Waals surface area contributed by atoms with Crippen molar-refractivity contribution in [2.45, 2.75) is 26.3 Å². The topological polar surface area (TPSA) is 47.6 Å². The molecule has 1 N–H and O–H groups in total. The van der Waals surface area contributed by atoms with Crippen molar-refractivity contribution in [1.29, 1.82) is 0 Å². The Morgan fingerprint density at radius 2 is 1.92 bits per heavy atom. The van der Waals surface area contributed by atoms with Crippen LogP contribution in [0.15, 0.2) is 36.4 Å². The summed E-state index contributed by atoms with van der Waals surface area (Å²) in [6.45, 7) is 3.11. The van der Waals surface area contributed by atoms with Gasteiger partial charge in [0.25, 0.3) is 5.91 Å². The lowest BCUT2D eigenvalue weighted by molar-refractivity contribution is 0.0951. The van der Waals surface area contributed by atoms with E-state index >= 15 is 0 Å². The number of methoxy groups -OCH3 is 1. The van der Waals surface area contributed by atoms with Gasteiger partial charge in [0.15, 0.2) is 11.5 Å². The van der Waals surface area contributed by atoms with E-state index in [1.807, 2.05) is 18.2 Å². The van der Waals surface area contributed by atoms with Gasteiger partial charge in [0.1, 0.15) is 0 Å². The van der Waals surface area contributed by atoms with Gasteiger partial charge in [-0.05, 0) is 42.3 Å². The van der Waals surface area contributed by atoms with Crippen molar-refractivity contribution in [2.24, 2.45) is 0 Å². The Morgan fingerprint density at radius 1 is 1.12 bits per heavy atom. The number of carbonyl (C=O) groups is 1. The zero-order valence-corrected chi connectivity index (χ0v) is 15.8. The zero-order valence-electron chi connectivity index (χ0n) is 14.3. The largest absolute Gasteiger partial charge is 0.493 e. The van der Waals surface area contributed by atoms with Crippen LogP contribution in [0, 0.1) is 0 Å². The molecule has 0 saturated carbocycles. The molecule has 0 aromatic heterocycles. The highest BCUT2D eigenvalue weighted by Gasteiger charge is 2.11. The van der Waals surface area contributed by atoms with E-state index in [1.165, 1.54) is 0 Å². The van der Waals surface area contributed by atoms with E-state index in [4.69, 9.17) is 32.7 Å². The molecule has 0 aliphatic carbocycles. The number of hydrogen-bond donors (Lipinski definition) is 1. The number of benzene rings is 2. The molecule has 2 aromatic carbocycles. The first-order chi connectivity index (χ1) is 12.0. The first kappa shape index (κ1) is 19.4. The van der Waals surface area contributed by atoms with Crippen LogP contribution in [-0.2, 0) is 6.54 Å². The molecule has 25 heavy (non-hydrogen) atoms. The Bertz CT molecular complexity index is 735. The number of carbonyl (C=O) groups excluding carboxylic acids is 1. The van der Waals surface area contributed by atoms with Crippen LogP contribution in [0.25, 0.3) is 0 Å². The number of nitrogens with one attached hydrogen (secondary N) is 1. The average molecular weight is 382 g/mol. The highest BCUT2D eigenvalue weighted by molar-refractivity contribution is 6.36. The summed E-state index contributed by atoms with van der Waals surface area (Å²) in [6, 6.07) is 10.4. The molecule has 0 saturated heterocycles. The summed E-state index contributed by atoms with van der Waals surface area (Å²) in [5.74, 6) is 1.09. The van der Waals surface area contributed by atoms with E-state index in [-0.39, 0.29) is 5.91 Å². The minimum absolute atomic E-state index is 0.260. The summed E-state index contributed by atoms with van der Waals surface area (Å²) in [6.07, 6.45) is 2.06. The van der Waals surface area contributed by atoms with Gasteiger partial charge in [0.05, 0.1) is 24.3 Å². The number of ether oxygens (including phenoxy) is 2. The predicted molar refractivity (Wildman–Crippen MR) is 101 cm³/mol. The van der Waals surface area contributed by atoms with Gasteiger partial charge in [0.2, 0.25) is 0 Å². The van der Waals surface area contributed by atoms with Crippen molar-refractivity contribution in [2.75, 3.05) is 13.7 Å². The summed E-state index contributed by atoms with van der Waals surface area (Å²) in [5, 5.41) is 3.65. The molecule has 0 atom stereocenters. The minimum atomic E-state index is -0.260. The second-order valence-corrected chi connectivity index (χ2v) is 6.34. The summed E-state index contributed by atoms with van der Waals surface area (Å²) >= 11 is 11.9. The summed E-state index contributed by atoms with van der Waals surface area (Å²) < 4.78 is 11.1. The molecule has 0 radical (unpaired) electrons. The minimum Gasteiger partial charge on any atom is -0.493 e. The summed E-state index contributed by atoms with van der Waals surface area (Å²) in [7, 11) is 1.60. The van der Waals surface area contributed by atoms with E-state index in [0.717, 1.165) is 18.4 Å². The molecule has 0 spiro atoms. The van der Waals surface area contributed by atoms with Crippen LogP contribution >= 0.6 is 23.2 Å². The van der Waals surface area contributed by atoms with Crippen LogP contribution in [-0.4, -0.2) is 19.6 Å². The lowest BCUT2D eigenvalue weighted by Crippen LogP contribution is -2.23. The van der Waals surface area contributed by atoms with Gasteiger partial charge < -0.3 is 14.8 Å². The van der Waals surface area contributed by atoms with E-state index in [1.54, 1.807) is 25.3 Å². The molecule has 2 aromatic rings. The first-order valence-electron chi connectivity index (χ1n) is 8.08. The van der Waals surface area contributed by atoms with Gasteiger partial charge in [-0.2, -0.15) is 0 Å². The van der Waals surface area contributed by atoms with E-state index < -0.39 is 0 Å². The van der Waals surface area contributed by atoms with Gasteiger partial charge in [-0.3, -0.25) is 4.79 Å². The molecule has 1 amide bonds. The smallest absolute Gasteiger partial charge is 0.253 e. The molecule has 4 nitrogen and oxygen atoms in total. The fourth-order valence-electron chi connectivity index (χ4n) is 2.22. The highest BCUT2D eigenvalue weighted by atomic mass is 35.5. The fourth-order valence-corrected chi connectivity index (χ4v) is 2.71. The Hall–Kier alpha value is -1.91. The normalized spacial score (nSPS) is 10.4. The van der Waals surface area contributed by atoms with Gasteiger partial charge in [0, 0.05) is 11.6 Å². The Labute approximate surface area is 158 Å². The van der Waals surface area contributed by atoms with Crippen molar-refractivity contribution in [3.05, 3.63) is 57.6 Å². The van der Waals surface area contributed by atoms with Crippen molar-refractivity contribution < 1.29 is 14.3 Å². The number of halogens is 2. The van der Waals surface area contributed by atoms with Crippen LogP contribution in [0.4, 0.5) is 0 Å². The molecule has 0 bridgehead atoms. The monoisotopic (exact) mass is 381 g/mol.